The van der Waals surface area contributed by atoms with E-state index in [1.54, 1.807) is 0 Å². The summed E-state index contributed by atoms with van der Waals surface area (Å²) in [6.07, 6.45) is -4.39. The molecule has 1 unspecified atom stereocenters. The Morgan fingerprint density at radius 3 is 2.40 bits per heavy atom. The molecule has 0 spiro atoms. The predicted octanol–water partition coefficient (Wildman–Crippen LogP) is -0.0221. The molecule has 0 fully saturated rings. The molecule has 5 nitrogen and oxygen atoms in total. The van der Waals surface area contributed by atoms with Crippen molar-refractivity contribution >= 4 is 5.84 Å². The zero-order valence-electron chi connectivity index (χ0n) is 8.20. The van der Waals surface area contributed by atoms with E-state index in [1.165, 1.54) is 6.92 Å². The second-order valence-corrected chi connectivity index (χ2v) is 3.01. The number of amidine groups is 1. The molecule has 0 saturated carbocycles. The van der Waals surface area contributed by atoms with Gasteiger partial charge in [-0.3, -0.25) is 4.90 Å². The number of nitrogens with zero attached hydrogens (tertiary/aromatic N) is 2. The summed E-state index contributed by atoms with van der Waals surface area (Å²) in [5.74, 6) is -0.326. The zero-order chi connectivity index (χ0) is 12.1. The zero-order valence-corrected chi connectivity index (χ0v) is 8.20. The molecule has 0 heterocycles. The van der Waals surface area contributed by atoms with E-state index in [0.717, 1.165) is 4.90 Å². The standard InChI is InChI=1S/C7H14F3N3O2/c1-5(6(11)12-15)13(2-3-14)4-7(8,9)10/h5,14-15H,2-4H2,1H3,(H2,11,12). The quantitative estimate of drug-likeness (QED) is 0.268. The van der Waals surface area contributed by atoms with Crippen LogP contribution in [0.3, 0.4) is 0 Å². The number of aliphatic hydroxyl groups is 1. The Bertz CT molecular complexity index is 220. The Hall–Kier alpha value is -1.02. The molecule has 0 aromatic rings. The van der Waals surface area contributed by atoms with Crippen LogP contribution in [0.4, 0.5) is 13.2 Å². The molecule has 0 aliphatic heterocycles. The SMILES string of the molecule is CC(C(N)=NO)N(CCO)CC(F)(F)F. The van der Waals surface area contributed by atoms with Crippen molar-refractivity contribution < 1.29 is 23.5 Å². The van der Waals surface area contributed by atoms with Gasteiger partial charge in [-0.05, 0) is 6.92 Å². The van der Waals surface area contributed by atoms with E-state index < -0.39 is 25.4 Å². The van der Waals surface area contributed by atoms with Crippen molar-refractivity contribution in [1.29, 1.82) is 0 Å². The van der Waals surface area contributed by atoms with Gasteiger partial charge in [0.05, 0.1) is 19.2 Å². The van der Waals surface area contributed by atoms with Gasteiger partial charge < -0.3 is 16.0 Å². The number of hydrogen-bond donors (Lipinski definition) is 3. The highest BCUT2D eigenvalue weighted by Crippen LogP contribution is 2.17. The molecule has 0 aromatic heterocycles. The Morgan fingerprint density at radius 2 is 2.07 bits per heavy atom. The average Bonchev–Trinajstić information content (AvgIpc) is 2.13. The van der Waals surface area contributed by atoms with Crippen molar-refractivity contribution in [3.05, 3.63) is 0 Å². The van der Waals surface area contributed by atoms with Crippen molar-refractivity contribution in [2.45, 2.75) is 19.1 Å². The maximum atomic E-state index is 12.1. The van der Waals surface area contributed by atoms with Gasteiger partial charge in [-0.25, -0.2) is 0 Å². The van der Waals surface area contributed by atoms with Crippen molar-refractivity contribution in [2.75, 3.05) is 19.7 Å². The number of alkyl halides is 3. The fraction of sp³-hybridized carbons (Fsp3) is 0.857. The lowest BCUT2D eigenvalue weighted by molar-refractivity contribution is -0.148. The first-order valence-electron chi connectivity index (χ1n) is 4.21. The second kappa shape index (κ2) is 5.76. The third-order valence-electron chi connectivity index (χ3n) is 1.86. The van der Waals surface area contributed by atoms with Crippen LogP contribution >= 0.6 is 0 Å². The van der Waals surface area contributed by atoms with Gasteiger partial charge in [0, 0.05) is 6.54 Å². The average molecular weight is 229 g/mol. The first-order valence-corrected chi connectivity index (χ1v) is 4.21. The summed E-state index contributed by atoms with van der Waals surface area (Å²) in [5, 5.41) is 19.5. The van der Waals surface area contributed by atoms with Crippen LogP contribution in [0.5, 0.6) is 0 Å². The molecule has 0 rings (SSSR count). The molecule has 4 N–H and O–H groups in total. The van der Waals surface area contributed by atoms with Gasteiger partial charge in [0.25, 0.3) is 0 Å². The molecule has 90 valence electrons. The fourth-order valence-electron chi connectivity index (χ4n) is 1.04. The molecular formula is C7H14F3N3O2. The van der Waals surface area contributed by atoms with Crippen LogP contribution in [0.1, 0.15) is 6.92 Å². The molecule has 15 heavy (non-hydrogen) atoms. The van der Waals surface area contributed by atoms with Crippen LogP contribution in [-0.4, -0.2) is 53.0 Å². The molecule has 0 amide bonds. The van der Waals surface area contributed by atoms with Crippen LogP contribution in [0.25, 0.3) is 0 Å². The number of rotatable bonds is 5. The molecular weight excluding hydrogens is 215 g/mol. The third kappa shape index (κ3) is 5.43. The first-order chi connectivity index (χ1) is 6.81. The van der Waals surface area contributed by atoms with E-state index in [2.05, 4.69) is 5.16 Å². The molecule has 8 heteroatoms. The van der Waals surface area contributed by atoms with Gasteiger partial charge in [-0.2, -0.15) is 13.2 Å². The number of nitrogens with two attached hydrogens (primary N) is 1. The highest BCUT2D eigenvalue weighted by molar-refractivity contribution is 5.84. The lowest BCUT2D eigenvalue weighted by atomic mass is 10.2. The minimum absolute atomic E-state index is 0.198. The molecule has 0 aliphatic rings. The minimum Gasteiger partial charge on any atom is -0.409 e. The normalized spacial score (nSPS) is 15.7. The Kier molecular flexibility index (Phi) is 5.37. The summed E-state index contributed by atoms with van der Waals surface area (Å²) in [6, 6.07) is -0.885. The summed E-state index contributed by atoms with van der Waals surface area (Å²) in [5.41, 5.74) is 5.18. The van der Waals surface area contributed by atoms with Crippen molar-refractivity contribution in [3.63, 3.8) is 0 Å². The van der Waals surface area contributed by atoms with Crippen LogP contribution in [0, 0.1) is 0 Å². The van der Waals surface area contributed by atoms with Crippen LogP contribution < -0.4 is 5.73 Å². The minimum atomic E-state index is -4.39. The fourth-order valence-corrected chi connectivity index (χ4v) is 1.04. The molecule has 0 radical (unpaired) electrons. The van der Waals surface area contributed by atoms with Gasteiger partial charge in [-0.15, -0.1) is 0 Å². The third-order valence-corrected chi connectivity index (χ3v) is 1.86. The maximum Gasteiger partial charge on any atom is 0.401 e. The summed E-state index contributed by atoms with van der Waals surface area (Å²) < 4.78 is 36.3. The topological polar surface area (TPSA) is 82.1 Å². The Balaban J connectivity index is 4.51. The van der Waals surface area contributed by atoms with Crippen LogP contribution in [-0.2, 0) is 0 Å². The summed E-state index contributed by atoms with van der Waals surface area (Å²) in [6.45, 7) is -0.489. The molecule has 0 saturated heterocycles. The van der Waals surface area contributed by atoms with Gasteiger partial charge in [-0.1, -0.05) is 5.16 Å². The number of hydrogen-bond acceptors (Lipinski definition) is 4. The maximum absolute atomic E-state index is 12.1. The Labute approximate surface area is 85.0 Å². The van der Waals surface area contributed by atoms with E-state index in [4.69, 9.17) is 16.0 Å². The largest absolute Gasteiger partial charge is 0.409 e. The van der Waals surface area contributed by atoms with Crippen molar-refractivity contribution in [2.24, 2.45) is 10.9 Å². The first kappa shape index (κ1) is 14.0. The van der Waals surface area contributed by atoms with E-state index in [0.29, 0.717) is 0 Å². The molecule has 0 aliphatic carbocycles. The van der Waals surface area contributed by atoms with E-state index in [-0.39, 0.29) is 12.4 Å². The van der Waals surface area contributed by atoms with Crippen LogP contribution in [0.2, 0.25) is 0 Å². The van der Waals surface area contributed by atoms with Gasteiger partial charge in [0.15, 0.2) is 5.84 Å². The van der Waals surface area contributed by atoms with E-state index in [9.17, 15) is 13.2 Å². The van der Waals surface area contributed by atoms with Gasteiger partial charge in [0.1, 0.15) is 0 Å². The number of halogens is 3. The monoisotopic (exact) mass is 229 g/mol. The molecule has 0 aromatic carbocycles. The summed E-state index contributed by atoms with van der Waals surface area (Å²) >= 11 is 0. The smallest absolute Gasteiger partial charge is 0.401 e. The highest BCUT2D eigenvalue weighted by atomic mass is 19.4. The van der Waals surface area contributed by atoms with Crippen molar-refractivity contribution in [1.82, 2.24) is 4.90 Å². The van der Waals surface area contributed by atoms with Crippen molar-refractivity contribution in [3.8, 4) is 0 Å². The van der Waals surface area contributed by atoms with Gasteiger partial charge in [0.2, 0.25) is 0 Å². The Morgan fingerprint density at radius 1 is 1.53 bits per heavy atom. The summed E-state index contributed by atoms with van der Waals surface area (Å²) in [7, 11) is 0. The lowest BCUT2D eigenvalue weighted by Gasteiger charge is -2.28. The second-order valence-electron chi connectivity index (χ2n) is 3.01. The van der Waals surface area contributed by atoms with E-state index in [1.807, 2.05) is 0 Å². The number of oxime groups is 1. The highest BCUT2D eigenvalue weighted by Gasteiger charge is 2.33. The lowest BCUT2D eigenvalue weighted by Crippen LogP contribution is -2.48. The predicted molar refractivity (Wildman–Crippen MR) is 47.6 cm³/mol. The van der Waals surface area contributed by atoms with E-state index >= 15 is 0 Å². The molecule has 0 bridgehead atoms. The van der Waals surface area contributed by atoms with Gasteiger partial charge >= 0.3 is 6.18 Å². The summed E-state index contributed by atoms with van der Waals surface area (Å²) in [4.78, 5) is 0.870. The van der Waals surface area contributed by atoms with Crippen LogP contribution in [0.15, 0.2) is 5.16 Å². The molecule has 1 atom stereocenters. The number of aliphatic hydroxyl groups excluding tert-OH is 1.